The summed E-state index contributed by atoms with van der Waals surface area (Å²) < 4.78 is 13.4. The molecule has 2 fully saturated rings. The van der Waals surface area contributed by atoms with E-state index in [4.69, 9.17) is 9.47 Å². The van der Waals surface area contributed by atoms with E-state index in [2.05, 4.69) is 25.8 Å². The second-order valence-corrected chi connectivity index (χ2v) is 12.9. The summed E-state index contributed by atoms with van der Waals surface area (Å²) in [6.07, 6.45) is 8.70. The molecule has 3 amide bonds. The molecule has 2 N–H and O–H groups in total. The van der Waals surface area contributed by atoms with E-state index in [1.54, 1.807) is 22.9 Å². The normalized spacial score (nSPS) is 23.2. The molecule has 1 aromatic heterocycles. The number of fused-ring (bicyclic) bond motifs is 4. The van der Waals surface area contributed by atoms with Crippen molar-refractivity contribution in [1.82, 2.24) is 35.4 Å². The zero-order valence-electron chi connectivity index (χ0n) is 27.8. The molecule has 12 nitrogen and oxygen atoms in total. The van der Waals surface area contributed by atoms with Crippen molar-refractivity contribution in [1.29, 1.82) is 0 Å². The third-order valence-electron chi connectivity index (χ3n) is 9.75. The van der Waals surface area contributed by atoms with Crippen LogP contribution >= 0.6 is 0 Å². The largest absolute Gasteiger partial charge is 0.493 e. The number of amides is 3. The summed E-state index contributed by atoms with van der Waals surface area (Å²) in [7, 11) is 1.53. The SMILES string of the molecule is COc1cccc2c1OCCCn1cc(nn1)CCN(C(=O)[C@@H]1CCCN3CCCC[C@H]13)CCNC(=O)[C@H](Cc1ccccc1)NC2=O. The van der Waals surface area contributed by atoms with Crippen LogP contribution < -0.4 is 20.1 Å². The van der Waals surface area contributed by atoms with E-state index in [0.29, 0.717) is 57.0 Å². The Bertz CT molecular complexity index is 1540. The zero-order valence-corrected chi connectivity index (χ0v) is 27.8. The van der Waals surface area contributed by atoms with Gasteiger partial charge in [-0.15, -0.1) is 5.10 Å². The average Bonchev–Trinajstić information content (AvgIpc) is 3.58. The second kappa shape index (κ2) is 16.1. The molecule has 2 bridgehead atoms. The molecule has 0 spiro atoms. The van der Waals surface area contributed by atoms with Crippen LogP contribution in [0.25, 0.3) is 0 Å². The maximum atomic E-state index is 14.2. The highest BCUT2D eigenvalue weighted by Gasteiger charge is 2.39. The van der Waals surface area contributed by atoms with Crippen LogP contribution in [0.4, 0.5) is 0 Å². The van der Waals surface area contributed by atoms with Crippen molar-refractivity contribution in [3.8, 4) is 11.5 Å². The molecule has 3 aromatic rings. The average molecular weight is 658 g/mol. The molecule has 0 aliphatic carbocycles. The first-order chi connectivity index (χ1) is 23.5. The number of nitrogens with one attached hydrogen (secondary N) is 2. The predicted octanol–water partition coefficient (Wildman–Crippen LogP) is 2.86. The molecule has 12 heteroatoms. The molecule has 0 saturated carbocycles. The van der Waals surface area contributed by atoms with Crippen molar-refractivity contribution in [3.05, 3.63) is 71.5 Å². The van der Waals surface area contributed by atoms with Crippen LogP contribution in [-0.2, 0) is 29.0 Å². The molecule has 6 rings (SSSR count). The fourth-order valence-electron chi connectivity index (χ4n) is 7.26. The Labute approximate surface area is 282 Å². The topological polar surface area (TPSA) is 131 Å². The minimum absolute atomic E-state index is 0.0470. The van der Waals surface area contributed by atoms with Gasteiger partial charge in [0.25, 0.3) is 5.91 Å². The summed E-state index contributed by atoms with van der Waals surface area (Å²) in [6, 6.07) is 14.2. The summed E-state index contributed by atoms with van der Waals surface area (Å²) >= 11 is 0. The number of nitrogens with zero attached hydrogens (tertiary/aromatic N) is 5. The number of rotatable bonds is 4. The van der Waals surface area contributed by atoms with Crippen LogP contribution in [0.15, 0.2) is 54.7 Å². The monoisotopic (exact) mass is 657 g/mol. The zero-order chi connectivity index (χ0) is 33.3. The van der Waals surface area contributed by atoms with Crippen molar-refractivity contribution in [2.45, 2.75) is 70.0 Å². The van der Waals surface area contributed by atoms with Crippen LogP contribution in [0.5, 0.6) is 11.5 Å². The summed E-state index contributed by atoms with van der Waals surface area (Å²) in [6.45, 7) is 4.11. The highest BCUT2D eigenvalue weighted by atomic mass is 16.5. The third kappa shape index (κ3) is 8.15. The van der Waals surface area contributed by atoms with Crippen molar-refractivity contribution in [2.75, 3.05) is 46.4 Å². The number of aromatic nitrogens is 3. The van der Waals surface area contributed by atoms with Gasteiger partial charge < -0.3 is 25.0 Å². The van der Waals surface area contributed by atoms with Crippen LogP contribution in [0.3, 0.4) is 0 Å². The first kappa shape index (κ1) is 33.5. The van der Waals surface area contributed by atoms with E-state index in [-0.39, 0.29) is 35.9 Å². The first-order valence-corrected chi connectivity index (χ1v) is 17.3. The maximum absolute atomic E-state index is 14.2. The number of ether oxygens (including phenoxy) is 2. The number of benzene rings is 2. The summed E-state index contributed by atoms with van der Waals surface area (Å²) in [5.74, 6) is 0.0961. The van der Waals surface area contributed by atoms with Gasteiger partial charge in [0.05, 0.1) is 30.9 Å². The van der Waals surface area contributed by atoms with Gasteiger partial charge in [0.15, 0.2) is 11.5 Å². The number of piperidine rings is 2. The van der Waals surface area contributed by atoms with E-state index < -0.39 is 11.9 Å². The first-order valence-electron chi connectivity index (χ1n) is 17.3. The Kier molecular flexibility index (Phi) is 11.2. The Morgan fingerprint density at radius 3 is 2.67 bits per heavy atom. The molecule has 4 heterocycles. The maximum Gasteiger partial charge on any atom is 0.255 e. The summed E-state index contributed by atoms with van der Waals surface area (Å²) in [5.41, 5.74) is 2.00. The van der Waals surface area contributed by atoms with Gasteiger partial charge in [-0.3, -0.25) is 24.0 Å². The van der Waals surface area contributed by atoms with Crippen molar-refractivity contribution < 1.29 is 23.9 Å². The van der Waals surface area contributed by atoms with Crippen LogP contribution in [0.2, 0.25) is 0 Å². The van der Waals surface area contributed by atoms with Crippen molar-refractivity contribution in [2.24, 2.45) is 5.92 Å². The van der Waals surface area contributed by atoms with Crippen molar-refractivity contribution >= 4 is 17.7 Å². The number of carbonyl (C=O) groups excluding carboxylic acids is 3. The number of aryl methyl sites for hydroxylation is 1. The lowest BCUT2D eigenvalue weighted by molar-refractivity contribution is -0.140. The van der Waals surface area contributed by atoms with Gasteiger partial charge >= 0.3 is 0 Å². The molecule has 48 heavy (non-hydrogen) atoms. The number of methoxy groups -OCH3 is 1. The predicted molar refractivity (Wildman–Crippen MR) is 180 cm³/mol. The van der Waals surface area contributed by atoms with Gasteiger partial charge in [-0.25, -0.2) is 0 Å². The Hall–Kier alpha value is -4.45. The second-order valence-electron chi connectivity index (χ2n) is 12.9. The molecule has 3 atom stereocenters. The van der Waals surface area contributed by atoms with Crippen LogP contribution in [0, 0.1) is 5.92 Å². The molecule has 0 unspecified atom stereocenters. The lowest BCUT2D eigenvalue weighted by atomic mass is 9.82. The number of hydrogen-bond donors (Lipinski definition) is 2. The summed E-state index contributed by atoms with van der Waals surface area (Å²) in [5, 5.41) is 14.7. The third-order valence-corrected chi connectivity index (χ3v) is 9.75. The smallest absolute Gasteiger partial charge is 0.255 e. The van der Waals surface area contributed by atoms with Gasteiger partial charge in [-0.2, -0.15) is 0 Å². The van der Waals surface area contributed by atoms with Crippen LogP contribution in [-0.4, -0.2) is 101 Å². The number of carbonyl (C=O) groups is 3. The lowest BCUT2D eigenvalue weighted by Gasteiger charge is -2.45. The minimum Gasteiger partial charge on any atom is -0.493 e. The lowest BCUT2D eigenvalue weighted by Crippen LogP contribution is -2.54. The highest BCUT2D eigenvalue weighted by Crippen LogP contribution is 2.33. The molecule has 2 aromatic carbocycles. The highest BCUT2D eigenvalue weighted by molar-refractivity contribution is 6.00. The van der Waals surface area contributed by atoms with E-state index in [0.717, 1.165) is 50.0 Å². The molecule has 3 aliphatic rings. The fourth-order valence-corrected chi connectivity index (χ4v) is 7.26. The fraction of sp³-hybridized carbons (Fsp3) is 0.528. The van der Waals surface area contributed by atoms with Crippen molar-refractivity contribution in [3.63, 3.8) is 0 Å². The summed E-state index contributed by atoms with van der Waals surface area (Å²) in [4.78, 5) is 46.1. The molecule has 0 radical (unpaired) electrons. The Balaban J connectivity index is 1.25. The standard InChI is InChI=1S/C36H47N7O5/c1-47-32-15-7-12-29-33(32)48-23-9-20-43-25-27(39-40-43)16-21-42(36(46)28-13-8-19-41-18-6-5-14-31(28)41)22-17-37-35(45)30(38-34(29)44)24-26-10-3-2-4-11-26/h2-4,7,10-12,15,25,28,30-31H,5-6,8-9,13-14,16-24H2,1H3,(H,37,45)(H,38,44)/t28-,30+,31-/m1/s1. The minimum atomic E-state index is -0.853. The molecular formula is C36H47N7O5. The molecule has 3 aliphatic heterocycles. The molecular weight excluding hydrogens is 610 g/mol. The molecule has 256 valence electrons. The van der Waals surface area contributed by atoms with Gasteiger partial charge in [0.2, 0.25) is 11.8 Å². The Morgan fingerprint density at radius 1 is 0.958 bits per heavy atom. The number of para-hydroxylation sites is 1. The Morgan fingerprint density at radius 2 is 1.81 bits per heavy atom. The number of hydrogen-bond acceptors (Lipinski definition) is 8. The van der Waals surface area contributed by atoms with E-state index in [1.165, 1.54) is 13.5 Å². The van der Waals surface area contributed by atoms with Gasteiger partial charge in [-0.1, -0.05) is 48.0 Å². The van der Waals surface area contributed by atoms with Gasteiger partial charge in [0, 0.05) is 57.7 Å². The molecule has 2 saturated heterocycles. The van der Waals surface area contributed by atoms with Gasteiger partial charge in [-0.05, 0) is 56.5 Å². The van der Waals surface area contributed by atoms with Crippen LogP contribution in [0.1, 0.15) is 60.1 Å². The van der Waals surface area contributed by atoms with E-state index in [9.17, 15) is 14.4 Å². The quantitative estimate of drug-likeness (QED) is 0.438. The van der Waals surface area contributed by atoms with E-state index >= 15 is 0 Å². The van der Waals surface area contributed by atoms with Gasteiger partial charge in [0.1, 0.15) is 6.04 Å². The van der Waals surface area contributed by atoms with E-state index in [1.807, 2.05) is 41.4 Å².